The average Bonchev–Trinajstić information content (AvgIpc) is 2.40. The van der Waals surface area contributed by atoms with Gasteiger partial charge in [-0.3, -0.25) is 4.90 Å². The Balaban J connectivity index is 2.00. The fraction of sp³-hybridized carbons (Fsp3) is 1.00. The van der Waals surface area contributed by atoms with E-state index in [2.05, 4.69) is 29.0 Å². The van der Waals surface area contributed by atoms with Crippen LogP contribution in [0.25, 0.3) is 0 Å². The number of hydrogen-bond donors (Lipinski definition) is 2. The SMILES string of the molecule is CCN(CC)CCNCC(O)CN1CCOCC1. The first-order chi connectivity index (χ1) is 8.76. The first-order valence-corrected chi connectivity index (χ1v) is 7.17. The van der Waals surface area contributed by atoms with Crippen LogP contribution in [0.1, 0.15) is 13.8 Å². The Morgan fingerprint density at radius 2 is 1.94 bits per heavy atom. The Morgan fingerprint density at radius 3 is 2.56 bits per heavy atom. The third-order valence-corrected chi connectivity index (χ3v) is 3.45. The lowest BCUT2D eigenvalue weighted by atomic mass is 10.3. The number of likely N-dealkylation sites (N-methyl/N-ethyl adjacent to an activating group) is 1. The van der Waals surface area contributed by atoms with Crippen molar-refractivity contribution in [3.05, 3.63) is 0 Å². The molecule has 108 valence electrons. The Bertz CT molecular complexity index is 195. The van der Waals surface area contributed by atoms with Gasteiger partial charge in [-0.15, -0.1) is 0 Å². The Kier molecular flexibility index (Phi) is 8.54. The van der Waals surface area contributed by atoms with Crippen LogP contribution in [-0.2, 0) is 4.74 Å². The summed E-state index contributed by atoms with van der Waals surface area (Å²) in [5.74, 6) is 0. The highest BCUT2D eigenvalue weighted by Crippen LogP contribution is 1.98. The summed E-state index contributed by atoms with van der Waals surface area (Å²) in [6.45, 7) is 13.4. The number of hydrogen-bond acceptors (Lipinski definition) is 5. The number of rotatable bonds is 9. The van der Waals surface area contributed by atoms with Crippen molar-refractivity contribution in [3.8, 4) is 0 Å². The van der Waals surface area contributed by atoms with Gasteiger partial charge in [-0.05, 0) is 13.1 Å². The summed E-state index contributed by atoms with van der Waals surface area (Å²) >= 11 is 0. The van der Waals surface area contributed by atoms with Crippen LogP contribution >= 0.6 is 0 Å². The van der Waals surface area contributed by atoms with Crippen LogP contribution in [0.4, 0.5) is 0 Å². The molecular weight excluding hydrogens is 230 g/mol. The van der Waals surface area contributed by atoms with E-state index < -0.39 is 0 Å². The number of nitrogens with zero attached hydrogens (tertiary/aromatic N) is 2. The topological polar surface area (TPSA) is 48.0 Å². The van der Waals surface area contributed by atoms with Crippen LogP contribution in [0.2, 0.25) is 0 Å². The molecule has 0 aromatic heterocycles. The van der Waals surface area contributed by atoms with E-state index in [0.29, 0.717) is 6.54 Å². The number of β-amino-alcohol motifs (C(OH)–C–C–N with tert-alkyl or cyclic N) is 1. The molecule has 0 saturated carbocycles. The highest BCUT2D eigenvalue weighted by Gasteiger charge is 2.14. The number of morpholine rings is 1. The minimum Gasteiger partial charge on any atom is -0.390 e. The molecule has 2 N–H and O–H groups in total. The first-order valence-electron chi connectivity index (χ1n) is 7.17. The molecule has 5 heteroatoms. The minimum absolute atomic E-state index is 0.278. The molecule has 18 heavy (non-hydrogen) atoms. The molecule has 0 aliphatic carbocycles. The number of aliphatic hydroxyl groups excluding tert-OH is 1. The molecule has 1 heterocycles. The molecule has 1 fully saturated rings. The van der Waals surface area contributed by atoms with E-state index in [1.54, 1.807) is 0 Å². The lowest BCUT2D eigenvalue weighted by molar-refractivity contribution is 0.0149. The normalized spacial score (nSPS) is 19.3. The summed E-state index contributed by atoms with van der Waals surface area (Å²) in [6, 6.07) is 0. The molecule has 1 aliphatic heterocycles. The van der Waals surface area contributed by atoms with Crippen LogP contribution in [0.5, 0.6) is 0 Å². The highest BCUT2D eigenvalue weighted by atomic mass is 16.5. The lowest BCUT2D eigenvalue weighted by Crippen LogP contribution is -2.44. The minimum atomic E-state index is -0.278. The maximum Gasteiger partial charge on any atom is 0.0791 e. The lowest BCUT2D eigenvalue weighted by Gasteiger charge is -2.28. The van der Waals surface area contributed by atoms with E-state index >= 15 is 0 Å². The molecule has 1 atom stereocenters. The second kappa shape index (κ2) is 9.69. The van der Waals surface area contributed by atoms with Gasteiger partial charge in [-0.1, -0.05) is 13.8 Å². The second-order valence-corrected chi connectivity index (χ2v) is 4.80. The van der Waals surface area contributed by atoms with Crippen molar-refractivity contribution < 1.29 is 9.84 Å². The van der Waals surface area contributed by atoms with Crippen LogP contribution < -0.4 is 5.32 Å². The molecule has 1 unspecified atom stereocenters. The largest absolute Gasteiger partial charge is 0.390 e. The Morgan fingerprint density at radius 1 is 1.28 bits per heavy atom. The molecule has 1 saturated heterocycles. The standard InChI is InChI=1S/C13H29N3O2/c1-3-15(4-2)6-5-14-11-13(17)12-16-7-9-18-10-8-16/h13-14,17H,3-12H2,1-2H3. The summed E-state index contributed by atoms with van der Waals surface area (Å²) in [7, 11) is 0. The third-order valence-electron chi connectivity index (χ3n) is 3.45. The van der Waals surface area contributed by atoms with Crippen molar-refractivity contribution in [3.63, 3.8) is 0 Å². The van der Waals surface area contributed by atoms with Gasteiger partial charge in [0, 0.05) is 39.3 Å². The van der Waals surface area contributed by atoms with Crippen molar-refractivity contribution in [1.82, 2.24) is 15.1 Å². The predicted octanol–water partition coefficient (Wildman–Crippen LogP) is -0.389. The van der Waals surface area contributed by atoms with Gasteiger partial charge in [0.2, 0.25) is 0 Å². The monoisotopic (exact) mass is 259 g/mol. The van der Waals surface area contributed by atoms with Crippen LogP contribution in [0, 0.1) is 0 Å². The van der Waals surface area contributed by atoms with Crippen LogP contribution in [0.15, 0.2) is 0 Å². The van der Waals surface area contributed by atoms with Gasteiger partial charge in [-0.25, -0.2) is 0 Å². The van der Waals surface area contributed by atoms with Gasteiger partial charge >= 0.3 is 0 Å². The highest BCUT2D eigenvalue weighted by molar-refractivity contribution is 4.69. The molecule has 0 aromatic carbocycles. The van der Waals surface area contributed by atoms with Gasteiger partial charge < -0.3 is 20.1 Å². The van der Waals surface area contributed by atoms with Gasteiger partial charge in [0.25, 0.3) is 0 Å². The second-order valence-electron chi connectivity index (χ2n) is 4.80. The smallest absolute Gasteiger partial charge is 0.0791 e. The van der Waals surface area contributed by atoms with E-state index in [1.807, 2.05) is 0 Å². The Labute approximate surface area is 111 Å². The zero-order valence-corrected chi connectivity index (χ0v) is 11.9. The van der Waals surface area contributed by atoms with Gasteiger partial charge in [0.05, 0.1) is 19.3 Å². The Hall–Kier alpha value is -0.200. The van der Waals surface area contributed by atoms with Crippen molar-refractivity contribution in [2.75, 3.05) is 65.6 Å². The maximum absolute atomic E-state index is 9.92. The van der Waals surface area contributed by atoms with E-state index in [-0.39, 0.29) is 6.10 Å². The molecule has 1 rings (SSSR count). The van der Waals surface area contributed by atoms with Crippen molar-refractivity contribution >= 4 is 0 Å². The van der Waals surface area contributed by atoms with Crippen LogP contribution in [-0.4, -0.2) is 86.6 Å². The molecule has 0 radical (unpaired) electrons. The fourth-order valence-electron chi connectivity index (χ4n) is 2.19. The summed E-state index contributed by atoms with van der Waals surface area (Å²) in [6.07, 6.45) is -0.278. The average molecular weight is 259 g/mol. The molecule has 0 bridgehead atoms. The first kappa shape index (κ1) is 15.9. The van der Waals surface area contributed by atoms with Gasteiger partial charge in [-0.2, -0.15) is 0 Å². The van der Waals surface area contributed by atoms with Crippen molar-refractivity contribution in [2.45, 2.75) is 20.0 Å². The number of aliphatic hydroxyl groups is 1. The molecule has 0 aromatic rings. The van der Waals surface area contributed by atoms with Crippen LogP contribution in [0.3, 0.4) is 0 Å². The van der Waals surface area contributed by atoms with Gasteiger partial charge in [0.15, 0.2) is 0 Å². The summed E-state index contributed by atoms with van der Waals surface area (Å²) in [5.41, 5.74) is 0. The maximum atomic E-state index is 9.92. The molecule has 5 nitrogen and oxygen atoms in total. The van der Waals surface area contributed by atoms with E-state index in [9.17, 15) is 5.11 Å². The predicted molar refractivity (Wildman–Crippen MR) is 73.9 cm³/mol. The van der Waals surface area contributed by atoms with E-state index in [4.69, 9.17) is 4.74 Å². The fourth-order valence-corrected chi connectivity index (χ4v) is 2.19. The number of ether oxygens (including phenoxy) is 1. The van der Waals surface area contributed by atoms with Crippen molar-refractivity contribution in [1.29, 1.82) is 0 Å². The third kappa shape index (κ3) is 6.66. The quantitative estimate of drug-likeness (QED) is 0.552. The summed E-state index contributed by atoms with van der Waals surface area (Å²) in [4.78, 5) is 4.64. The molecule has 0 spiro atoms. The van der Waals surface area contributed by atoms with Crippen molar-refractivity contribution in [2.24, 2.45) is 0 Å². The zero-order chi connectivity index (χ0) is 13.2. The van der Waals surface area contributed by atoms with E-state index in [1.165, 1.54) is 0 Å². The van der Waals surface area contributed by atoms with E-state index in [0.717, 1.165) is 59.0 Å². The summed E-state index contributed by atoms with van der Waals surface area (Å²) in [5, 5.41) is 13.2. The molecular formula is C13H29N3O2. The van der Waals surface area contributed by atoms with Gasteiger partial charge in [0.1, 0.15) is 0 Å². The zero-order valence-electron chi connectivity index (χ0n) is 11.9. The molecule has 1 aliphatic rings. The molecule has 0 amide bonds. The number of nitrogens with one attached hydrogen (secondary N) is 1. The summed E-state index contributed by atoms with van der Waals surface area (Å²) < 4.78 is 5.29.